The number of benzene rings is 1. The highest BCUT2D eigenvalue weighted by atomic mass is 79.9. The first-order chi connectivity index (χ1) is 9.73. The van der Waals surface area contributed by atoms with Gasteiger partial charge in [-0.25, -0.2) is 13.2 Å². The summed E-state index contributed by atoms with van der Waals surface area (Å²) in [5, 5.41) is 8.61. The lowest BCUT2D eigenvalue weighted by molar-refractivity contribution is -0.131. The van der Waals surface area contributed by atoms with E-state index in [9.17, 15) is 13.2 Å². The Morgan fingerprint density at radius 3 is 2.62 bits per heavy atom. The summed E-state index contributed by atoms with van der Waals surface area (Å²) >= 11 is 3.29. The zero-order valence-electron chi connectivity index (χ0n) is 11.5. The highest BCUT2D eigenvalue weighted by Crippen LogP contribution is 2.37. The molecule has 0 bridgehead atoms. The number of ether oxygens (including phenoxy) is 2. The predicted octanol–water partition coefficient (Wildman–Crippen LogP) is 1.98. The van der Waals surface area contributed by atoms with Gasteiger partial charge in [-0.1, -0.05) is 0 Å². The van der Waals surface area contributed by atoms with Crippen LogP contribution in [0.4, 0.5) is 0 Å². The van der Waals surface area contributed by atoms with Crippen molar-refractivity contribution in [3.8, 4) is 11.5 Å². The summed E-state index contributed by atoms with van der Waals surface area (Å²) in [5.41, 5.74) is 0.608. The number of rotatable bonds is 7. The van der Waals surface area contributed by atoms with Crippen LogP contribution in [0.1, 0.15) is 5.56 Å². The molecule has 0 aliphatic carbocycles. The summed E-state index contributed by atoms with van der Waals surface area (Å²) in [7, 11) is -1.67. The van der Waals surface area contributed by atoms with Crippen molar-refractivity contribution in [2.75, 3.05) is 25.7 Å². The molecule has 21 heavy (non-hydrogen) atoms. The topological polar surface area (TPSA) is 89.9 Å². The molecular formula is C13H15BrO6S. The minimum absolute atomic E-state index is 0.00188. The van der Waals surface area contributed by atoms with Gasteiger partial charge in [0.05, 0.1) is 17.3 Å². The second kappa shape index (κ2) is 7.46. The summed E-state index contributed by atoms with van der Waals surface area (Å²) in [4.78, 5) is 10.5. The molecule has 1 aromatic carbocycles. The molecule has 0 fully saturated rings. The van der Waals surface area contributed by atoms with Crippen LogP contribution in [0.25, 0.3) is 6.08 Å². The lowest BCUT2D eigenvalue weighted by Gasteiger charge is -2.13. The third-order valence-corrected chi connectivity index (χ3v) is 3.87. The Balaban J connectivity index is 2.97. The fourth-order valence-electron chi connectivity index (χ4n) is 1.44. The molecule has 8 heteroatoms. The highest BCUT2D eigenvalue weighted by molar-refractivity contribution is 9.10. The molecule has 0 spiro atoms. The van der Waals surface area contributed by atoms with Gasteiger partial charge in [-0.2, -0.15) is 0 Å². The Morgan fingerprint density at radius 2 is 2.10 bits per heavy atom. The van der Waals surface area contributed by atoms with Crippen molar-refractivity contribution < 1.29 is 27.8 Å². The van der Waals surface area contributed by atoms with Crippen LogP contribution in [0, 0.1) is 0 Å². The van der Waals surface area contributed by atoms with Crippen LogP contribution in [0.15, 0.2) is 22.7 Å². The van der Waals surface area contributed by atoms with Gasteiger partial charge in [-0.3, -0.25) is 0 Å². The van der Waals surface area contributed by atoms with Crippen molar-refractivity contribution in [1.82, 2.24) is 0 Å². The van der Waals surface area contributed by atoms with E-state index < -0.39 is 15.8 Å². The van der Waals surface area contributed by atoms with Crippen molar-refractivity contribution in [1.29, 1.82) is 0 Å². The Bertz CT molecular complexity index is 651. The van der Waals surface area contributed by atoms with Gasteiger partial charge in [-0.15, -0.1) is 0 Å². The number of hydrogen-bond acceptors (Lipinski definition) is 5. The van der Waals surface area contributed by atoms with Crippen LogP contribution in [-0.2, 0) is 14.6 Å². The van der Waals surface area contributed by atoms with Crippen LogP contribution in [0.3, 0.4) is 0 Å². The van der Waals surface area contributed by atoms with E-state index in [0.717, 1.165) is 12.3 Å². The van der Waals surface area contributed by atoms with E-state index in [2.05, 4.69) is 15.9 Å². The Morgan fingerprint density at radius 1 is 1.43 bits per heavy atom. The third-order valence-electron chi connectivity index (χ3n) is 2.37. The van der Waals surface area contributed by atoms with Crippen LogP contribution in [-0.4, -0.2) is 45.2 Å². The second-order valence-electron chi connectivity index (χ2n) is 4.18. The van der Waals surface area contributed by atoms with E-state index in [0.29, 0.717) is 21.5 Å². The van der Waals surface area contributed by atoms with Gasteiger partial charge in [0, 0.05) is 12.3 Å². The number of aliphatic carboxylic acids is 1. The van der Waals surface area contributed by atoms with E-state index >= 15 is 0 Å². The Labute approximate surface area is 131 Å². The van der Waals surface area contributed by atoms with E-state index in [1.807, 2.05) is 0 Å². The maximum atomic E-state index is 11.1. The highest BCUT2D eigenvalue weighted by Gasteiger charge is 2.12. The summed E-state index contributed by atoms with van der Waals surface area (Å²) < 4.78 is 33.3. The van der Waals surface area contributed by atoms with Gasteiger partial charge < -0.3 is 14.6 Å². The first-order valence-corrected chi connectivity index (χ1v) is 8.67. The second-order valence-corrected chi connectivity index (χ2v) is 7.30. The molecule has 0 saturated heterocycles. The van der Waals surface area contributed by atoms with Gasteiger partial charge in [0.2, 0.25) is 0 Å². The number of sulfone groups is 1. The van der Waals surface area contributed by atoms with Crippen LogP contribution >= 0.6 is 15.9 Å². The van der Waals surface area contributed by atoms with E-state index in [1.165, 1.54) is 13.2 Å². The average molecular weight is 379 g/mol. The van der Waals surface area contributed by atoms with Crippen LogP contribution in [0.2, 0.25) is 0 Å². The minimum atomic E-state index is -3.11. The van der Waals surface area contributed by atoms with Gasteiger partial charge >= 0.3 is 5.97 Å². The average Bonchev–Trinajstić information content (AvgIpc) is 2.36. The van der Waals surface area contributed by atoms with Gasteiger partial charge in [0.1, 0.15) is 6.61 Å². The van der Waals surface area contributed by atoms with Gasteiger partial charge in [0.25, 0.3) is 0 Å². The molecule has 0 radical (unpaired) electrons. The molecule has 0 unspecified atom stereocenters. The van der Waals surface area contributed by atoms with Gasteiger partial charge in [-0.05, 0) is 39.7 Å². The molecule has 1 rings (SSSR count). The fourth-order valence-corrected chi connectivity index (χ4v) is 2.40. The maximum Gasteiger partial charge on any atom is 0.328 e. The molecular weight excluding hydrogens is 364 g/mol. The number of hydrogen-bond donors (Lipinski definition) is 1. The predicted molar refractivity (Wildman–Crippen MR) is 82.6 cm³/mol. The number of halogens is 1. The Kier molecular flexibility index (Phi) is 6.22. The van der Waals surface area contributed by atoms with Crippen molar-refractivity contribution in [2.45, 2.75) is 0 Å². The van der Waals surface area contributed by atoms with Crippen LogP contribution < -0.4 is 9.47 Å². The summed E-state index contributed by atoms with van der Waals surface area (Å²) in [6.07, 6.45) is 3.55. The SMILES string of the molecule is COc1cc(/C=C/C(=O)O)cc(Br)c1OCCS(C)(=O)=O. The quantitative estimate of drug-likeness (QED) is 0.729. The van der Waals surface area contributed by atoms with Crippen molar-refractivity contribution in [3.63, 3.8) is 0 Å². The number of carbonyl (C=O) groups is 1. The molecule has 0 aliphatic rings. The molecule has 1 aromatic rings. The van der Waals surface area contributed by atoms with E-state index in [1.54, 1.807) is 12.1 Å². The zero-order chi connectivity index (χ0) is 16.0. The molecule has 0 saturated carbocycles. The molecule has 116 valence electrons. The fraction of sp³-hybridized carbons (Fsp3) is 0.308. The van der Waals surface area contributed by atoms with Crippen molar-refractivity contribution >= 4 is 37.8 Å². The standard InChI is InChI=1S/C13H15BrO6S/c1-19-11-8-9(3-4-12(15)16)7-10(14)13(11)20-5-6-21(2,17)18/h3-4,7-8H,5-6H2,1-2H3,(H,15,16)/b4-3+. The maximum absolute atomic E-state index is 11.1. The summed E-state index contributed by atoms with van der Waals surface area (Å²) in [6.45, 7) is -0.00188. The third kappa shape index (κ3) is 6.17. The van der Waals surface area contributed by atoms with E-state index in [4.69, 9.17) is 14.6 Å². The first-order valence-electron chi connectivity index (χ1n) is 5.82. The molecule has 0 heterocycles. The number of carboxylic acid groups (broad SMARTS) is 1. The minimum Gasteiger partial charge on any atom is -0.493 e. The lowest BCUT2D eigenvalue weighted by atomic mass is 10.2. The number of methoxy groups -OCH3 is 1. The van der Waals surface area contributed by atoms with Crippen molar-refractivity contribution in [3.05, 3.63) is 28.2 Å². The zero-order valence-corrected chi connectivity index (χ0v) is 13.9. The summed E-state index contributed by atoms with van der Waals surface area (Å²) in [5.74, 6) is -0.418. The summed E-state index contributed by atoms with van der Waals surface area (Å²) in [6, 6.07) is 3.25. The normalized spacial score (nSPS) is 11.6. The molecule has 0 atom stereocenters. The molecule has 0 aliphatic heterocycles. The largest absolute Gasteiger partial charge is 0.493 e. The van der Waals surface area contributed by atoms with Crippen molar-refractivity contribution in [2.24, 2.45) is 0 Å². The van der Waals surface area contributed by atoms with Gasteiger partial charge in [0.15, 0.2) is 21.3 Å². The lowest BCUT2D eigenvalue weighted by Crippen LogP contribution is -2.12. The monoisotopic (exact) mass is 378 g/mol. The van der Waals surface area contributed by atoms with E-state index in [-0.39, 0.29) is 12.4 Å². The smallest absolute Gasteiger partial charge is 0.328 e. The molecule has 6 nitrogen and oxygen atoms in total. The number of carboxylic acids is 1. The van der Waals surface area contributed by atoms with Crippen LogP contribution in [0.5, 0.6) is 11.5 Å². The molecule has 0 amide bonds. The molecule has 0 aromatic heterocycles. The molecule has 1 N–H and O–H groups in total. The Hall–Kier alpha value is -1.54. The first kappa shape index (κ1) is 17.5.